The molecule has 2 aromatic heterocycles. The zero-order valence-electron chi connectivity index (χ0n) is 40.3. The lowest BCUT2D eigenvalue weighted by Gasteiger charge is -2.22. The first-order chi connectivity index (χ1) is 33.6. The molecule has 0 amide bonds. The molecule has 378 valence electrons. The van der Waals surface area contributed by atoms with Gasteiger partial charge in [0.15, 0.2) is 0 Å². The van der Waals surface area contributed by atoms with Crippen LogP contribution in [0, 0.1) is 20.8 Å². The number of anilines is 10. The number of nitrogens with zero attached hydrogens (tertiary/aromatic N) is 8. The van der Waals surface area contributed by atoms with E-state index in [9.17, 15) is 38.9 Å². The van der Waals surface area contributed by atoms with Crippen molar-refractivity contribution in [3.63, 3.8) is 0 Å². The fourth-order valence-corrected chi connectivity index (χ4v) is 9.24. The van der Waals surface area contributed by atoms with Crippen molar-refractivity contribution in [1.29, 1.82) is 0 Å². The second-order valence-electron chi connectivity index (χ2n) is 16.6. The summed E-state index contributed by atoms with van der Waals surface area (Å²) in [5.74, 6) is 0.903. The summed E-state index contributed by atoms with van der Waals surface area (Å²) in [5.41, 5.74) is 4.25. The van der Waals surface area contributed by atoms with E-state index in [2.05, 4.69) is 46.2 Å². The van der Waals surface area contributed by atoms with Crippen LogP contribution < -0.4 is 31.1 Å². The van der Waals surface area contributed by atoms with Crippen molar-refractivity contribution in [2.75, 3.05) is 57.2 Å². The van der Waals surface area contributed by atoms with Crippen LogP contribution in [0.5, 0.6) is 0 Å². The molecule has 0 aliphatic carbocycles. The van der Waals surface area contributed by atoms with Gasteiger partial charge in [-0.15, -0.1) is 0 Å². The minimum atomic E-state index is -4.78. The van der Waals surface area contributed by atoms with E-state index < -0.39 is 35.2 Å². The van der Waals surface area contributed by atoms with Crippen LogP contribution in [0.1, 0.15) is 81.2 Å². The first-order valence-electron chi connectivity index (χ1n) is 22.7. The Balaban J connectivity index is 1.29. The molecular weight excluding hydrogens is 973 g/mol. The second-order valence-corrected chi connectivity index (χ2v) is 20.8. The molecule has 0 saturated heterocycles. The van der Waals surface area contributed by atoms with Gasteiger partial charge in [-0.25, -0.2) is 0 Å². The standard InChI is InChI=1S/C47H58N12O9S3/c1-8-22-58(23-9-2)46-55-43(52-44(56-46)50-38-29-37(69(60,61)62)20-13-31(38)6)49-36-19-17-34(41(28-36)71(66,67)68)15-14-33-16-18-35(27-32(33)7)48-42-53-45(57-47(54-42)59(24-10-3)25-11-4)51-39-26-30(5)12-21-40(39)70(63,64)65/h12-21,26-29H,8-11,22-25H2,1-7H3,(H,60,61,62)(H,63,64,65)(H,66,67,68)(H2,48,51,53,54,57)(H2,49,50,52,55,56)/b15-14+. The number of aryl methyl sites for hydroxylation is 3. The van der Waals surface area contributed by atoms with E-state index in [1.54, 1.807) is 56.3 Å². The molecule has 0 bridgehead atoms. The molecule has 7 N–H and O–H groups in total. The zero-order chi connectivity index (χ0) is 51.7. The highest BCUT2D eigenvalue weighted by molar-refractivity contribution is 7.86. The summed E-state index contributed by atoms with van der Waals surface area (Å²) in [6, 6.07) is 18.2. The third-order valence-corrected chi connectivity index (χ3v) is 13.4. The monoisotopic (exact) mass is 1030 g/mol. The van der Waals surface area contributed by atoms with Crippen molar-refractivity contribution >= 4 is 101 Å². The predicted molar refractivity (Wildman–Crippen MR) is 277 cm³/mol. The summed E-state index contributed by atoms with van der Waals surface area (Å²) in [5, 5.41) is 12.2. The van der Waals surface area contributed by atoms with Gasteiger partial charge >= 0.3 is 0 Å². The van der Waals surface area contributed by atoms with Crippen molar-refractivity contribution < 1.29 is 38.9 Å². The number of hydrogen-bond donors (Lipinski definition) is 7. The first kappa shape index (κ1) is 53.5. The molecule has 0 unspecified atom stereocenters. The summed E-state index contributed by atoms with van der Waals surface area (Å²) in [6.07, 6.45) is 6.43. The van der Waals surface area contributed by atoms with E-state index in [1.807, 2.05) is 50.5 Å². The maximum Gasteiger partial charge on any atom is 0.296 e. The lowest BCUT2D eigenvalue weighted by Crippen LogP contribution is -2.27. The Labute approximate surface area is 414 Å². The molecule has 24 heteroatoms. The zero-order valence-corrected chi connectivity index (χ0v) is 42.8. The third-order valence-electron chi connectivity index (χ3n) is 10.7. The van der Waals surface area contributed by atoms with Gasteiger partial charge in [-0.3, -0.25) is 13.7 Å². The van der Waals surface area contributed by atoms with E-state index in [-0.39, 0.29) is 50.5 Å². The summed E-state index contributed by atoms with van der Waals surface area (Å²) < 4.78 is 104. The van der Waals surface area contributed by atoms with Gasteiger partial charge in [0.25, 0.3) is 30.4 Å². The van der Waals surface area contributed by atoms with E-state index in [4.69, 9.17) is 4.98 Å². The Bertz CT molecular complexity index is 3260. The Morgan fingerprint density at radius 1 is 0.465 bits per heavy atom. The lowest BCUT2D eigenvalue weighted by atomic mass is 10.1. The van der Waals surface area contributed by atoms with Crippen molar-refractivity contribution in [3.8, 4) is 0 Å². The van der Waals surface area contributed by atoms with Crippen molar-refractivity contribution in [3.05, 3.63) is 101 Å². The van der Waals surface area contributed by atoms with Gasteiger partial charge in [0.1, 0.15) is 9.79 Å². The first-order valence-corrected chi connectivity index (χ1v) is 27.1. The van der Waals surface area contributed by atoms with Crippen molar-refractivity contribution in [2.24, 2.45) is 0 Å². The number of rotatable bonds is 23. The molecule has 6 aromatic rings. The van der Waals surface area contributed by atoms with Gasteiger partial charge in [-0.05, 0) is 123 Å². The molecule has 2 heterocycles. The highest BCUT2D eigenvalue weighted by Gasteiger charge is 2.21. The van der Waals surface area contributed by atoms with Crippen LogP contribution in [0.3, 0.4) is 0 Å². The van der Waals surface area contributed by atoms with Crippen LogP contribution in [0.25, 0.3) is 12.2 Å². The van der Waals surface area contributed by atoms with Crippen LogP contribution >= 0.6 is 0 Å². The minimum absolute atomic E-state index is 0.0184. The molecule has 0 fully saturated rings. The van der Waals surface area contributed by atoms with Gasteiger partial charge in [0.2, 0.25) is 35.7 Å². The van der Waals surface area contributed by atoms with Crippen LogP contribution in [0.15, 0.2) is 87.5 Å². The molecule has 0 aliphatic rings. The van der Waals surface area contributed by atoms with Gasteiger partial charge < -0.3 is 31.1 Å². The maximum atomic E-state index is 12.9. The number of nitrogens with one attached hydrogen (secondary N) is 4. The molecule has 0 spiro atoms. The highest BCUT2D eigenvalue weighted by Crippen LogP contribution is 2.30. The van der Waals surface area contributed by atoms with E-state index in [0.717, 1.165) is 36.8 Å². The molecular formula is C47H58N12O9S3. The topological polar surface area (TPSA) is 295 Å². The molecule has 0 atom stereocenters. The fraction of sp³-hybridized carbons (Fsp3) is 0.319. The molecule has 21 nitrogen and oxygen atoms in total. The Morgan fingerprint density at radius 3 is 1.41 bits per heavy atom. The lowest BCUT2D eigenvalue weighted by molar-refractivity contribution is 0.481. The van der Waals surface area contributed by atoms with Crippen LogP contribution in [-0.4, -0.2) is 95.0 Å². The van der Waals surface area contributed by atoms with Gasteiger partial charge in [-0.2, -0.15) is 55.2 Å². The van der Waals surface area contributed by atoms with E-state index in [0.29, 0.717) is 60.6 Å². The normalized spacial score (nSPS) is 12.0. The van der Waals surface area contributed by atoms with Crippen LogP contribution in [0.4, 0.5) is 58.4 Å². The average Bonchev–Trinajstić information content (AvgIpc) is 3.28. The van der Waals surface area contributed by atoms with Crippen molar-refractivity contribution in [2.45, 2.75) is 88.8 Å². The average molecular weight is 1030 g/mol. The SMILES string of the molecule is CCCN(CCC)c1nc(Nc2ccc(/C=C/c3ccc(Nc4nc(Nc5cc(C)ccc5S(=O)(=O)O)nc(N(CCC)CCC)n4)cc3C)c(S(=O)(=O)O)c2)nc(Nc2cc(S(=O)(=O)O)ccc2C)n1. The smallest absolute Gasteiger partial charge is 0.296 e. The number of hydrogen-bond acceptors (Lipinski definition) is 18. The van der Waals surface area contributed by atoms with Crippen LogP contribution in [-0.2, 0) is 30.4 Å². The predicted octanol–water partition coefficient (Wildman–Crippen LogP) is 9.12. The summed E-state index contributed by atoms with van der Waals surface area (Å²) in [7, 11) is -13.9. The van der Waals surface area contributed by atoms with Crippen molar-refractivity contribution in [1.82, 2.24) is 29.9 Å². The van der Waals surface area contributed by atoms with Gasteiger partial charge in [0.05, 0.1) is 10.6 Å². The van der Waals surface area contributed by atoms with Gasteiger partial charge in [-0.1, -0.05) is 64.1 Å². The Hall–Kier alpha value is -6.83. The Morgan fingerprint density at radius 2 is 0.930 bits per heavy atom. The summed E-state index contributed by atoms with van der Waals surface area (Å²) >= 11 is 0. The fourth-order valence-electron chi connectivity index (χ4n) is 7.39. The summed E-state index contributed by atoms with van der Waals surface area (Å²) in [4.78, 5) is 30.5. The molecule has 0 aliphatic heterocycles. The van der Waals surface area contributed by atoms with Gasteiger partial charge in [0, 0.05) is 43.2 Å². The molecule has 4 aromatic carbocycles. The molecule has 0 radical (unpaired) electrons. The van der Waals surface area contributed by atoms with E-state index in [1.165, 1.54) is 36.4 Å². The highest BCUT2D eigenvalue weighted by atomic mass is 32.2. The third kappa shape index (κ3) is 14.4. The quantitative estimate of drug-likeness (QED) is 0.0232. The number of aromatic nitrogens is 6. The van der Waals surface area contributed by atoms with Crippen LogP contribution in [0.2, 0.25) is 0 Å². The minimum Gasteiger partial charge on any atom is -0.341 e. The second kappa shape index (κ2) is 22.9. The Kier molecular flexibility index (Phi) is 17.3. The molecule has 71 heavy (non-hydrogen) atoms. The molecule has 0 saturated carbocycles. The maximum absolute atomic E-state index is 12.9. The summed E-state index contributed by atoms with van der Waals surface area (Å²) in [6.45, 7) is 16.0. The number of benzene rings is 4. The molecule has 6 rings (SSSR count). The largest absolute Gasteiger partial charge is 0.341 e. The van der Waals surface area contributed by atoms with E-state index >= 15 is 0 Å².